The third kappa shape index (κ3) is 2.18. The van der Waals surface area contributed by atoms with Crippen LogP contribution in [0.15, 0.2) is 30.6 Å². The van der Waals surface area contributed by atoms with Crippen LogP contribution in [0.2, 0.25) is 0 Å². The maximum Gasteiger partial charge on any atom is 0.270 e. The molecule has 1 N–H and O–H groups in total. The van der Waals surface area contributed by atoms with Crippen LogP contribution in [0.25, 0.3) is 21.4 Å². The number of hydrogen-bond acceptors (Lipinski definition) is 7. The maximum absolute atomic E-state index is 10.7. The van der Waals surface area contributed by atoms with E-state index in [1.807, 2.05) is 0 Å². The van der Waals surface area contributed by atoms with E-state index in [-0.39, 0.29) is 5.69 Å². The van der Waals surface area contributed by atoms with Gasteiger partial charge in [0, 0.05) is 17.7 Å². The molecule has 8 nitrogen and oxygen atoms in total. The second-order valence-electron chi connectivity index (χ2n) is 3.55. The lowest BCUT2D eigenvalue weighted by atomic mass is 10.2. The minimum absolute atomic E-state index is 0.0221. The Balaban J connectivity index is 1.99. The van der Waals surface area contributed by atoms with E-state index in [0.29, 0.717) is 21.4 Å². The zero-order chi connectivity index (χ0) is 13.2. The molecule has 0 saturated heterocycles. The molecule has 0 saturated carbocycles. The first-order valence-electron chi connectivity index (χ1n) is 5.18. The number of hydrogen-bond donors (Lipinski definition) is 1. The van der Waals surface area contributed by atoms with Crippen molar-refractivity contribution in [1.29, 1.82) is 0 Å². The lowest BCUT2D eigenvalue weighted by Gasteiger charge is -1.94. The fraction of sp³-hybridized carbons (Fsp3) is 0. The van der Waals surface area contributed by atoms with E-state index < -0.39 is 4.92 Å². The summed E-state index contributed by atoms with van der Waals surface area (Å²) in [5, 5.41) is 26.3. The highest BCUT2D eigenvalue weighted by molar-refractivity contribution is 7.17. The summed E-state index contributed by atoms with van der Waals surface area (Å²) in [6, 6.07) is 6.26. The lowest BCUT2D eigenvalue weighted by Crippen LogP contribution is -1.87. The second-order valence-corrected chi connectivity index (χ2v) is 4.53. The molecular weight excluding hydrogens is 268 g/mol. The van der Waals surface area contributed by atoms with Gasteiger partial charge < -0.3 is 0 Å². The number of H-pyrrole nitrogens is 1. The van der Waals surface area contributed by atoms with E-state index in [1.165, 1.54) is 29.8 Å². The minimum Gasteiger partial charge on any atom is -0.258 e. The van der Waals surface area contributed by atoms with Gasteiger partial charge in [0.15, 0.2) is 10.8 Å². The number of rotatable bonds is 3. The summed E-state index contributed by atoms with van der Waals surface area (Å²) in [5.74, 6) is 0.522. The quantitative estimate of drug-likeness (QED) is 0.576. The molecule has 2 heterocycles. The van der Waals surface area contributed by atoms with Crippen molar-refractivity contribution < 1.29 is 4.92 Å². The largest absolute Gasteiger partial charge is 0.270 e. The summed E-state index contributed by atoms with van der Waals surface area (Å²) in [6.45, 7) is 0. The highest BCUT2D eigenvalue weighted by Crippen LogP contribution is 2.29. The molecule has 19 heavy (non-hydrogen) atoms. The summed E-state index contributed by atoms with van der Waals surface area (Å²) in [6.07, 6.45) is 1.38. The van der Waals surface area contributed by atoms with Crippen LogP contribution >= 0.6 is 11.3 Å². The Morgan fingerprint density at radius 2 is 2.11 bits per heavy atom. The molecule has 1 aromatic carbocycles. The topological polar surface area (TPSA) is 110 Å². The smallest absolute Gasteiger partial charge is 0.258 e. The SMILES string of the molecule is O=[N+]([O-])c1cccc(-c2nnc(-c3ncn[nH]3)s2)c1. The molecule has 0 amide bonds. The van der Waals surface area contributed by atoms with Crippen LogP contribution in [0, 0.1) is 10.1 Å². The van der Waals surface area contributed by atoms with Crippen molar-refractivity contribution in [2.45, 2.75) is 0 Å². The first kappa shape index (κ1) is 11.4. The van der Waals surface area contributed by atoms with Gasteiger partial charge in [-0.1, -0.05) is 23.5 Å². The fourth-order valence-corrected chi connectivity index (χ4v) is 2.28. The molecule has 0 fully saturated rings. The van der Waals surface area contributed by atoms with Crippen molar-refractivity contribution in [2.75, 3.05) is 0 Å². The van der Waals surface area contributed by atoms with Crippen LogP contribution in [0.3, 0.4) is 0 Å². The molecule has 0 spiro atoms. The predicted octanol–water partition coefficient (Wildman–Crippen LogP) is 1.90. The average molecular weight is 274 g/mol. The lowest BCUT2D eigenvalue weighted by molar-refractivity contribution is -0.384. The van der Waals surface area contributed by atoms with Crippen molar-refractivity contribution in [2.24, 2.45) is 0 Å². The number of nitro benzene ring substituents is 1. The number of nitrogens with zero attached hydrogens (tertiary/aromatic N) is 5. The number of aromatic amines is 1. The normalized spacial score (nSPS) is 10.5. The molecule has 2 aromatic heterocycles. The fourth-order valence-electron chi connectivity index (χ4n) is 1.50. The number of nitro groups is 1. The Morgan fingerprint density at radius 3 is 2.84 bits per heavy atom. The van der Waals surface area contributed by atoms with Gasteiger partial charge in [-0.05, 0) is 0 Å². The van der Waals surface area contributed by atoms with Gasteiger partial charge in [-0.15, -0.1) is 10.2 Å². The Morgan fingerprint density at radius 1 is 1.26 bits per heavy atom. The number of benzene rings is 1. The van der Waals surface area contributed by atoms with Gasteiger partial charge in [0.25, 0.3) is 5.69 Å². The van der Waals surface area contributed by atoms with Crippen molar-refractivity contribution in [1.82, 2.24) is 25.4 Å². The van der Waals surface area contributed by atoms with E-state index >= 15 is 0 Å². The van der Waals surface area contributed by atoms with E-state index in [1.54, 1.807) is 12.1 Å². The van der Waals surface area contributed by atoms with Gasteiger partial charge >= 0.3 is 0 Å². The molecule has 0 aliphatic rings. The van der Waals surface area contributed by atoms with Gasteiger partial charge in [-0.25, -0.2) is 4.98 Å². The van der Waals surface area contributed by atoms with Crippen LogP contribution in [0.4, 0.5) is 5.69 Å². The van der Waals surface area contributed by atoms with E-state index in [4.69, 9.17) is 0 Å². The molecule has 94 valence electrons. The van der Waals surface area contributed by atoms with E-state index in [0.717, 1.165) is 0 Å². The first-order valence-corrected chi connectivity index (χ1v) is 6.00. The minimum atomic E-state index is -0.443. The van der Waals surface area contributed by atoms with Crippen LogP contribution < -0.4 is 0 Å². The highest BCUT2D eigenvalue weighted by Gasteiger charge is 2.13. The Bertz CT molecular complexity index is 723. The second kappa shape index (κ2) is 4.53. The summed E-state index contributed by atoms with van der Waals surface area (Å²) in [7, 11) is 0. The van der Waals surface area contributed by atoms with Gasteiger partial charge in [0.2, 0.25) is 0 Å². The monoisotopic (exact) mass is 274 g/mol. The van der Waals surface area contributed by atoms with Crippen LogP contribution in [0.5, 0.6) is 0 Å². The van der Waals surface area contributed by atoms with E-state index in [2.05, 4.69) is 25.4 Å². The van der Waals surface area contributed by atoms with Crippen molar-refractivity contribution in [3.8, 4) is 21.4 Å². The molecule has 3 aromatic rings. The summed E-state index contributed by atoms with van der Waals surface area (Å²) < 4.78 is 0. The first-order chi connectivity index (χ1) is 9.24. The Labute approximate surface area is 110 Å². The standard InChI is InChI=1S/C10H6N6O2S/c17-16(18)7-3-1-2-6(4-7)9-14-15-10(19-9)8-11-5-12-13-8/h1-5H,(H,11,12,13). The molecule has 3 rings (SSSR count). The van der Waals surface area contributed by atoms with Gasteiger partial charge in [-0.3, -0.25) is 15.2 Å². The molecule has 0 aliphatic heterocycles. The number of nitrogens with one attached hydrogen (secondary N) is 1. The molecule has 0 radical (unpaired) electrons. The van der Waals surface area contributed by atoms with Crippen LogP contribution in [0.1, 0.15) is 0 Å². The Kier molecular flexibility index (Phi) is 2.72. The predicted molar refractivity (Wildman–Crippen MR) is 67.4 cm³/mol. The summed E-state index contributed by atoms with van der Waals surface area (Å²) in [4.78, 5) is 14.3. The van der Waals surface area contributed by atoms with Crippen molar-refractivity contribution in [3.63, 3.8) is 0 Å². The van der Waals surface area contributed by atoms with Crippen molar-refractivity contribution in [3.05, 3.63) is 40.7 Å². The van der Waals surface area contributed by atoms with Crippen molar-refractivity contribution >= 4 is 17.0 Å². The van der Waals surface area contributed by atoms with Gasteiger partial charge in [-0.2, -0.15) is 5.10 Å². The number of non-ortho nitro benzene ring substituents is 1. The molecule has 0 atom stereocenters. The third-order valence-corrected chi connectivity index (χ3v) is 3.33. The molecular formula is C10H6N6O2S. The summed E-state index contributed by atoms with van der Waals surface area (Å²) in [5.41, 5.74) is 0.673. The highest BCUT2D eigenvalue weighted by atomic mass is 32.1. The third-order valence-electron chi connectivity index (χ3n) is 2.35. The van der Waals surface area contributed by atoms with Gasteiger partial charge in [0.1, 0.15) is 11.3 Å². The molecule has 0 bridgehead atoms. The summed E-state index contributed by atoms with van der Waals surface area (Å²) >= 11 is 1.29. The van der Waals surface area contributed by atoms with Crippen LogP contribution in [-0.4, -0.2) is 30.3 Å². The van der Waals surface area contributed by atoms with Gasteiger partial charge in [0.05, 0.1) is 4.92 Å². The zero-order valence-electron chi connectivity index (χ0n) is 9.35. The average Bonchev–Trinajstić information content (AvgIpc) is 3.09. The van der Waals surface area contributed by atoms with Crippen LogP contribution in [-0.2, 0) is 0 Å². The zero-order valence-corrected chi connectivity index (χ0v) is 10.2. The maximum atomic E-state index is 10.7. The molecule has 9 heteroatoms. The molecule has 0 aliphatic carbocycles. The van der Waals surface area contributed by atoms with E-state index in [9.17, 15) is 10.1 Å². The Hall–Kier alpha value is -2.68. The molecule has 0 unspecified atom stereocenters. The number of aromatic nitrogens is 5.